The zero-order valence-electron chi connectivity index (χ0n) is 11.0. The molecule has 3 rings (SSSR count). The van der Waals surface area contributed by atoms with Crippen molar-refractivity contribution < 1.29 is 0 Å². The van der Waals surface area contributed by atoms with Crippen LogP contribution in [0, 0.1) is 0 Å². The van der Waals surface area contributed by atoms with Gasteiger partial charge in [0.15, 0.2) is 0 Å². The van der Waals surface area contributed by atoms with Gasteiger partial charge in [0.05, 0.1) is 18.1 Å². The van der Waals surface area contributed by atoms with Crippen LogP contribution in [-0.2, 0) is 0 Å². The minimum absolute atomic E-state index is 0.249. The summed E-state index contributed by atoms with van der Waals surface area (Å²) in [6, 6.07) is 8.73. The molecule has 2 atom stereocenters. The highest BCUT2D eigenvalue weighted by Crippen LogP contribution is 2.28. The van der Waals surface area contributed by atoms with Gasteiger partial charge in [0, 0.05) is 17.3 Å². The zero-order valence-corrected chi connectivity index (χ0v) is 11.8. The molecule has 0 spiro atoms. The first-order chi connectivity index (χ1) is 9.25. The molecule has 1 aliphatic rings. The maximum absolute atomic E-state index is 6.08. The van der Waals surface area contributed by atoms with Crippen LogP contribution in [0.4, 0.5) is 0 Å². The van der Waals surface area contributed by atoms with E-state index in [0.29, 0.717) is 6.04 Å². The first-order valence-corrected chi connectivity index (χ1v) is 7.14. The summed E-state index contributed by atoms with van der Waals surface area (Å²) >= 11 is 6.08. The average Bonchev–Trinajstić information content (AvgIpc) is 3.08. The largest absolute Gasteiger partial charge is 0.326 e. The summed E-state index contributed by atoms with van der Waals surface area (Å²) in [6.07, 6.45) is 6.32. The molecule has 2 heterocycles. The predicted octanol–water partition coefficient (Wildman–Crippen LogP) is 3.57. The van der Waals surface area contributed by atoms with E-state index in [4.69, 9.17) is 11.6 Å². The maximum Gasteiger partial charge on any atom is 0.0954 e. The molecule has 0 bridgehead atoms. The molecule has 1 unspecified atom stereocenters. The average molecular weight is 276 g/mol. The summed E-state index contributed by atoms with van der Waals surface area (Å²) in [5.41, 5.74) is 2.48. The zero-order chi connectivity index (χ0) is 13.2. The monoisotopic (exact) mass is 275 g/mol. The van der Waals surface area contributed by atoms with Gasteiger partial charge < -0.3 is 9.88 Å². The molecular weight excluding hydrogens is 258 g/mol. The molecule has 0 aliphatic carbocycles. The second kappa shape index (κ2) is 5.35. The molecule has 2 aromatic rings. The van der Waals surface area contributed by atoms with Crippen LogP contribution in [0.15, 0.2) is 36.8 Å². The molecule has 19 heavy (non-hydrogen) atoms. The molecule has 0 amide bonds. The van der Waals surface area contributed by atoms with E-state index >= 15 is 0 Å². The van der Waals surface area contributed by atoms with Gasteiger partial charge in [-0.05, 0) is 44.0 Å². The van der Waals surface area contributed by atoms with E-state index < -0.39 is 0 Å². The van der Waals surface area contributed by atoms with Gasteiger partial charge in [0.2, 0.25) is 0 Å². The number of benzene rings is 1. The van der Waals surface area contributed by atoms with E-state index in [-0.39, 0.29) is 6.04 Å². The summed E-state index contributed by atoms with van der Waals surface area (Å²) in [4.78, 5) is 4.33. The number of rotatable bonds is 3. The molecule has 1 aliphatic heterocycles. The fraction of sp³-hybridized carbons (Fsp3) is 0.400. The summed E-state index contributed by atoms with van der Waals surface area (Å²) in [7, 11) is 0. The molecule has 0 saturated carbocycles. The Kier molecular flexibility index (Phi) is 3.58. The van der Waals surface area contributed by atoms with Crippen molar-refractivity contribution in [1.82, 2.24) is 14.9 Å². The normalized spacial score (nSPS) is 20.6. The summed E-state index contributed by atoms with van der Waals surface area (Å²) in [5.74, 6) is 0. The second-order valence-corrected chi connectivity index (χ2v) is 5.54. The molecule has 1 aromatic carbocycles. The lowest BCUT2D eigenvalue weighted by Gasteiger charge is -2.20. The Morgan fingerprint density at radius 2 is 2.37 bits per heavy atom. The number of imidazole rings is 1. The van der Waals surface area contributed by atoms with Gasteiger partial charge in [-0.15, -0.1) is 0 Å². The lowest BCUT2D eigenvalue weighted by molar-refractivity contribution is 0.538. The van der Waals surface area contributed by atoms with Gasteiger partial charge in [-0.2, -0.15) is 0 Å². The summed E-state index contributed by atoms with van der Waals surface area (Å²) in [5, 5.41) is 4.31. The topological polar surface area (TPSA) is 29.9 Å². The van der Waals surface area contributed by atoms with Crippen molar-refractivity contribution >= 4 is 11.6 Å². The Balaban J connectivity index is 1.91. The third kappa shape index (κ3) is 2.53. The van der Waals surface area contributed by atoms with Crippen LogP contribution in [0.1, 0.15) is 43.1 Å². The number of hydrogen-bond acceptors (Lipinski definition) is 2. The fourth-order valence-corrected chi connectivity index (χ4v) is 2.97. The van der Waals surface area contributed by atoms with Crippen LogP contribution < -0.4 is 5.32 Å². The Morgan fingerprint density at radius 1 is 1.47 bits per heavy atom. The van der Waals surface area contributed by atoms with Gasteiger partial charge in [0.25, 0.3) is 0 Å². The Bertz CT molecular complexity index is 558. The highest BCUT2D eigenvalue weighted by atomic mass is 35.5. The van der Waals surface area contributed by atoms with Gasteiger partial charge in [-0.1, -0.05) is 23.7 Å². The number of nitrogens with one attached hydrogen (secondary N) is 1. The molecule has 4 heteroatoms. The third-order valence-corrected chi connectivity index (χ3v) is 4.10. The highest BCUT2D eigenvalue weighted by molar-refractivity contribution is 6.30. The fourth-order valence-electron chi connectivity index (χ4n) is 2.77. The van der Waals surface area contributed by atoms with Crippen LogP contribution >= 0.6 is 11.6 Å². The Hall–Kier alpha value is -1.32. The molecular formula is C15H18ClN3. The molecule has 1 fully saturated rings. The van der Waals surface area contributed by atoms with Crippen LogP contribution in [0.3, 0.4) is 0 Å². The predicted molar refractivity (Wildman–Crippen MR) is 77.5 cm³/mol. The SMILES string of the molecule is CC(c1cccc(Cl)c1)n1cncc1[C@@H]1CCCN1. The van der Waals surface area contributed by atoms with E-state index in [1.807, 2.05) is 30.7 Å². The minimum atomic E-state index is 0.249. The molecule has 0 radical (unpaired) electrons. The molecule has 1 saturated heterocycles. The lowest BCUT2D eigenvalue weighted by Crippen LogP contribution is -2.18. The van der Waals surface area contributed by atoms with Crippen molar-refractivity contribution in [3.05, 3.63) is 53.1 Å². The number of nitrogens with zero attached hydrogens (tertiary/aromatic N) is 2. The summed E-state index contributed by atoms with van der Waals surface area (Å²) in [6.45, 7) is 3.28. The van der Waals surface area contributed by atoms with Crippen molar-refractivity contribution in [3.63, 3.8) is 0 Å². The molecule has 1 aromatic heterocycles. The van der Waals surface area contributed by atoms with Gasteiger partial charge in [-0.3, -0.25) is 0 Å². The molecule has 1 N–H and O–H groups in total. The van der Waals surface area contributed by atoms with Crippen LogP contribution in [0.2, 0.25) is 5.02 Å². The van der Waals surface area contributed by atoms with Crippen LogP contribution in [-0.4, -0.2) is 16.1 Å². The summed E-state index contributed by atoms with van der Waals surface area (Å²) < 4.78 is 2.24. The van der Waals surface area contributed by atoms with Crippen molar-refractivity contribution in [1.29, 1.82) is 0 Å². The van der Waals surface area contributed by atoms with Gasteiger partial charge >= 0.3 is 0 Å². The minimum Gasteiger partial charge on any atom is -0.326 e. The van der Waals surface area contributed by atoms with Crippen molar-refractivity contribution in [2.75, 3.05) is 6.54 Å². The van der Waals surface area contributed by atoms with Crippen LogP contribution in [0.5, 0.6) is 0 Å². The van der Waals surface area contributed by atoms with Crippen molar-refractivity contribution in [3.8, 4) is 0 Å². The Morgan fingerprint density at radius 3 is 3.11 bits per heavy atom. The smallest absolute Gasteiger partial charge is 0.0954 e. The number of aromatic nitrogens is 2. The second-order valence-electron chi connectivity index (χ2n) is 5.11. The van der Waals surface area contributed by atoms with Crippen molar-refractivity contribution in [2.45, 2.75) is 31.8 Å². The third-order valence-electron chi connectivity index (χ3n) is 3.86. The van der Waals surface area contributed by atoms with E-state index in [2.05, 4.69) is 27.9 Å². The lowest BCUT2D eigenvalue weighted by atomic mass is 10.1. The van der Waals surface area contributed by atoms with Gasteiger partial charge in [-0.25, -0.2) is 4.98 Å². The number of halogens is 1. The standard InChI is InChI=1S/C15H18ClN3/c1-11(12-4-2-5-13(16)8-12)19-10-17-9-15(19)14-6-3-7-18-14/h2,4-5,8-11,14,18H,3,6-7H2,1H3/t11?,14-/m0/s1. The van der Waals surface area contributed by atoms with Gasteiger partial charge in [0.1, 0.15) is 0 Å². The van der Waals surface area contributed by atoms with E-state index in [1.165, 1.54) is 24.1 Å². The van der Waals surface area contributed by atoms with Crippen LogP contribution in [0.25, 0.3) is 0 Å². The first kappa shape index (κ1) is 12.7. The van der Waals surface area contributed by atoms with E-state index in [0.717, 1.165) is 11.6 Å². The van der Waals surface area contributed by atoms with E-state index in [9.17, 15) is 0 Å². The highest BCUT2D eigenvalue weighted by Gasteiger charge is 2.22. The van der Waals surface area contributed by atoms with E-state index in [1.54, 1.807) is 0 Å². The molecule has 100 valence electrons. The van der Waals surface area contributed by atoms with Crippen molar-refractivity contribution in [2.24, 2.45) is 0 Å². The maximum atomic E-state index is 6.08. The Labute approximate surface area is 118 Å². The number of hydrogen-bond donors (Lipinski definition) is 1. The quantitative estimate of drug-likeness (QED) is 0.928. The molecule has 3 nitrogen and oxygen atoms in total. The first-order valence-electron chi connectivity index (χ1n) is 6.76.